The number of hydrogen-bond acceptors (Lipinski definition) is 2. The number of carbonyl (C=O) groups is 1. The SMILES string of the molecule is CC(C)C(=O)CC[C@H]1CCCO1. The third-order valence-corrected chi connectivity index (χ3v) is 2.38. The normalized spacial score (nSPS) is 23.4. The van der Waals surface area contributed by atoms with Gasteiger partial charge in [0.25, 0.3) is 0 Å². The van der Waals surface area contributed by atoms with Gasteiger partial charge in [-0.2, -0.15) is 0 Å². The summed E-state index contributed by atoms with van der Waals surface area (Å²) in [5.41, 5.74) is 0. The molecule has 1 aliphatic heterocycles. The molecule has 0 aromatic rings. The highest BCUT2D eigenvalue weighted by Crippen LogP contribution is 2.17. The van der Waals surface area contributed by atoms with Crippen molar-refractivity contribution in [1.82, 2.24) is 0 Å². The Bertz CT molecular complexity index is 146. The molecule has 1 fully saturated rings. The topological polar surface area (TPSA) is 26.3 Å². The number of ether oxygens (including phenoxy) is 1. The van der Waals surface area contributed by atoms with Crippen molar-refractivity contribution in [3.05, 3.63) is 0 Å². The molecule has 0 aromatic carbocycles. The Kier molecular flexibility index (Phi) is 3.73. The molecule has 1 aliphatic rings. The van der Waals surface area contributed by atoms with Crippen LogP contribution >= 0.6 is 0 Å². The fraction of sp³-hybridized carbons (Fsp3) is 0.900. The summed E-state index contributed by atoms with van der Waals surface area (Å²) in [4.78, 5) is 11.2. The fourth-order valence-electron chi connectivity index (χ4n) is 1.46. The second-order valence-corrected chi connectivity index (χ2v) is 3.79. The maximum Gasteiger partial charge on any atom is 0.135 e. The highest BCUT2D eigenvalue weighted by Gasteiger charge is 2.17. The van der Waals surface area contributed by atoms with Gasteiger partial charge in [-0.25, -0.2) is 0 Å². The van der Waals surface area contributed by atoms with Gasteiger partial charge in [-0.05, 0) is 19.3 Å². The van der Waals surface area contributed by atoms with E-state index in [0.29, 0.717) is 18.3 Å². The zero-order chi connectivity index (χ0) is 8.97. The molecule has 1 saturated heterocycles. The largest absolute Gasteiger partial charge is 0.378 e. The van der Waals surface area contributed by atoms with Crippen molar-refractivity contribution in [1.29, 1.82) is 0 Å². The Hall–Kier alpha value is -0.370. The summed E-state index contributed by atoms with van der Waals surface area (Å²) < 4.78 is 5.43. The minimum atomic E-state index is 0.186. The number of hydrogen-bond donors (Lipinski definition) is 0. The predicted octanol–water partition coefficient (Wildman–Crippen LogP) is 2.17. The summed E-state index contributed by atoms with van der Waals surface area (Å²) in [5.74, 6) is 0.553. The van der Waals surface area contributed by atoms with Gasteiger partial charge in [0.1, 0.15) is 5.78 Å². The third-order valence-electron chi connectivity index (χ3n) is 2.38. The van der Waals surface area contributed by atoms with Crippen LogP contribution < -0.4 is 0 Å². The van der Waals surface area contributed by atoms with Gasteiger partial charge < -0.3 is 4.74 Å². The van der Waals surface area contributed by atoms with Crippen molar-refractivity contribution in [3.8, 4) is 0 Å². The zero-order valence-electron chi connectivity index (χ0n) is 8.01. The Labute approximate surface area is 74.3 Å². The smallest absolute Gasteiger partial charge is 0.135 e. The van der Waals surface area contributed by atoms with Crippen molar-refractivity contribution >= 4 is 5.78 Å². The molecule has 70 valence electrons. The predicted molar refractivity (Wildman–Crippen MR) is 48.1 cm³/mol. The highest BCUT2D eigenvalue weighted by molar-refractivity contribution is 5.80. The molecule has 2 heteroatoms. The molecule has 0 aromatic heterocycles. The molecule has 0 spiro atoms. The number of Topliss-reactive ketones (excluding diaryl/α,β-unsaturated/α-hetero) is 1. The molecule has 1 heterocycles. The molecule has 0 aliphatic carbocycles. The molecule has 0 amide bonds. The van der Waals surface area contributed by atoms with Crippen LogP contribution in [0.2, 0.25) is 0 Å². The van der Waals surface area contributed by atoms with Crippen molar-refractivity contribution in [2.24, 2.45) is 5.92 Å². The van der Waals surface area contributed by atoms with Gasteiger partial charge in [-0.15, -0.1) is 0 Å². The van der Waals surface area contributed by atoms with Gasteiger partial charge in [0.15, 0.2) is 0 Å². The average molecular weight is 170 g/mol. The molecule has 0 saturated carbocycles. The van der Waals surface area contributed by atoms with Crippen molar-refractivity contribution in [3.63, 3.8) is 0 Å². The number of ketones is 1. The quantitative estimate of drug-likeness (QED) is 0.646. The lowest BCUT2D eigenvalue weighted by atomic mass is 10.0. The molecular formula is C10H18O2. The van der Waals surface area contributed by atoms with Crippen LogP contribution in [0.1, 0.15) is 39.5 Å². The third kappa shape index (κ3) is 2.94. The Morgan fingerprint density at radius 1 is 1.58 bits per heavy atom. The van der Waals surface area contributed by atoms with E-state index in [9.17, 15) is 4.79 Å². The summed E-state index contributed by atoms with van der Waals surface area (Å²) >= 11 is 0. The Morgan fingerprint density at radius 3 is 2.83 bits per heavy atom. The van der Waals surface area contributed by atoms with Crippen molar-refractivity contribution < 1.29 is 9.53 Å². The molecule has 0 unspecified atom stereocenters. The first-order valence-electron chi connectivity index (χ1n) is 4.84. The van der Waals surface area contributed by atoms with Crippen LogP contribution in [-0.4, -0.2) is 18.5 Å². The van der Waals surface area contributed by atoms with Crippen LogP contribution in [-0.2, 0) is 9.53 Å². The van der Waals surface area contributed by atoms with E-state index in [2.05, 4.69) is 0 Å². The van der Waals surface area contributed by atoms with E-state index in [1.54, 1.807) is 0 Å². The second-order valence-electron chi connectivity index (χ2n) is 3.79. The van der Waals surface area contributed by atoms with E-state index in [4.69, 9.17) is 4.74 Å². The monoisotopic (exact) mass is 170 g/mol. The lowest BCUT2D eigenvalue weighted by Crippen LogP contribution is -2.12. The first-order valence-corrected chi connectivity index (χ1v) is 4.84. The molecule has 0 N–H and O–H groups in total. The minimum Gasteiger partial charge on any atom is -0.378 e. The molecular weight excluding hydrogens is 152 g/mol. The summed E-state index contributed by atoms with van der Waals surface area (Å²) in [6.45, 7) is 4.80. The molecule has 0 radical (unpaired) electrons. The lowest BCUT2D eigenvalue weighted by Gasteiger charge is -2.09. The summed E-state index contributed by atoms with van der Waals surface area (Å²) in [5, 5.41) is 0. The van der Waals surface area contributed by atoms with E-state index in [1.807, 2.05) is 13.8 Å². The van der Waals surface area contributed by atoms with Crippen molar-refractivity contribution in [2.75, 3.05) is 6.61 Å². The summed E-state index contributed by atoms with van der Waals surface area (Å²) in [6.07, 6.45) is 4.30. The second kappa shape index (κ2) is 4.61. The lowest BCUT2D eigenvalue weighted by molar-refractivity contribution is -0.122. The maximum absolute atomic E-state index is 11.2. The average Bonchev–Trinajstić information content (AvgIpc) is 2.51. The van der Waals surface area contributed by atoms with E-state index >= 15 is 0 Å². The fourth-order valence-corrected chi connectivity index (χ4v) is 1.46. The molecule has 2 nitrogen and oxygen atoms in total. The van der Waals surface area contributed by atoms with Gasteiger partial charge in [0.05, 0.1) is 6.10 Å². The van der Waals surface area contributed by atoms with Gasteiger partial charge in [0, 0.05) is 18.9 Å². The first kappa shape index (κ1) is 9.72. The van der Waals surface area contributed by atoms with Crippen LogP contribution in [0.25, 0.3) is 0 Å². The molecule has 1 atom stereocenters. The van der Waals surface area contributed by atoms with Crippen molar-refractivity contribution in [2.45, 2.75) is 45.6 Å². The van der Waals surface area contributed by atoms with Crippen LogP contribution in [0.4, 0.5) is 0 Å². The standard InChI is InChI=1S/C10H18O2/c1-8(2)10(11)6-5-9-4-3-7-12-9/h8-9H,3-7H2,1-2H3/t9-/m1/s1. The van der Waals surface area contributed by atoms with Gasteiger partial charge in [-0.1, -0.05) is 13.8 Å². The van der Waals surface area contributed by atoms with Gasteiger partial charge >= 0.3 is 0 Å². The Morgan fingerprint density at radius 2 is 2.33 bits per heavy atom. The van der Waals surface area contributed by atoms with Crippen LogP contribution in [0.5, 0.6) is 0 Å². The van der Waals surface area contributed by atoms with Gasteiger partial charge in [0.2, 0.25) is 0 Å². The molecule has 0 bridgehead atoms. The van der Waals surface area contributed by atoms with Crippen LogP contribution in [0, 0.1) is 5.92 Å². The number of carbonyl (C=O) groups excluding carboxylic acids is 1. The van der Waals surface area contributed by atoms with Crippen LogP contribution in [0.15, 0.2) is 0 Å². The van der Waals surface area contributed by atoms with E-state index in [-0.39, 0.29) is 5.92 Å². The highest BCUT2D eigenvalue weighted by atomic mass is 16.5. The first-order chi connectivity index (χ1) is 5.70. The van der Waals surface area contributed by atoms with E-state index in [1.165, 1.54) is 6.42 Å². The van der Waals surface area contributed by atoms with Gasteiger partial charge in [-0.3, -0.25) is 4.79 Å². The minimum absolute atomic E-state index is 0.186. The van der Waals surface area contributed by atoms with Crippen LogP contribution in [0.3, 0.4) is 0 Å². The summed E-state index contributed by atoms with van der Waals surface area (Å²) in [6, 6.07) is 0. The number of rotatable bonds is 4. The Balaban J connectivity index is 2.12. The summed E-state index contributed by atoms with van der Waals surface area (Å²) in [7, 11) is 0. The zero-order valence-corrected chi connectivity index (χ0v) is 8.01. The molecule has 12 heavy (non-hydrogen) atoms. The maximum atomic E-state index is 11.2. The van der Waals surface area contributed by atoms with E-state index in [0.717, 1.165) is 19.4 Å². The molecule has 1 rings (SSSR count). The van der Waals surface area contributed by atoms with E-state index < -0.39 is 0 Å².